The van der Waals surface area contributed by atoms with Crippen LogP contribution in [0.1, 0.15) is 21.5 Å². The Morgan fingerprint density at radius 2 is 1.68 bits per heavy atom. The summed E-state index contributed by atoms with van der Waals surface area (Å²) in [7, 11) is 5.53. The number of amides is 1. The highest BCUT2D eigenvalue weighted by atomic mass is 16.2. The van der Waals surface area contributed by atoms with Gasteiger partial charge in [-0.25, -0.2) is 0 Å². The van der Waals surface area contributed by atoms with E-state index in [9.17, 15) is 4.79 Å². The third-order valence-corrected chi connectivity index (χ3v) is 3.53. The molecule has 1 amide bonds. The minimum atomic E-state index is -0.0316. The van der Waals surface area contributed by atoms with Crippen LogP contribution >= 0.6 is 0 Å². The lowest BCUT2D eigenvalue weighted by molar-refractivity contribution is 0.0827. The molecule has 4 nitrogen and oxygen atoms in total. The van der Waals surface area contributed by atoms with Gasteiger partial charge in [0.25, 0.3) is 5.91 Å². The molecule has 2 aromatic rings. The number of nitrogens with two attached hydrogens (primary N) is 1. The Morgan fingerprint density at radius 3 is 2.27 bits per heavy atom. The van der Waals surface area contributed by atoms with E-state index in [4.69, 9.17) is 5.73 Å². The number of nitrogen functional groups attached to an aromatic ring is 1. The van der Waals surface area contributed by atoms with Gasteiger partial charge in [-0.15, -0.1) is 0 Å². The molecule has 0 aromatic heterocycles. The Labute approximate surface area is 132 Å². The maximum atomic E-state index is 11.9. The van der Waals surface area contributed by atoms with Gasteiger partial charge < -0.3 is 10.6 Å². The highest BCUT2D eigenvalue weighted by Crippen LogP contribution is 2.18. The Kier molecular flexibility index (Phi) is 5.17. The molecule has 0 atom stereocenters. The Hall–Kier alpha value is -2.33. The first kappa shape index (κ1) is 16.0. The number of anilines is 1. The van der Waals surface area contributed by atoms with Crippen LogP contribution in [-0.2, 0) is 13.1 Å². The van der Waals surface area contributed by atoms with Crippen LogP contribution in [0.4, 0.5) is 5.69 Å². The molecule has 0 radical (unpaired) electrons. The first-order valence-corrected chi connectivity index (χ1v) is 7.30. The lowest BCUT2D eigenvalue weighted by atomic mass is 10.1. The highest BCUT2D eigenvalue weighted by Gasteiger charge is 2.11. The van der Waals surface area contributed by atoms with E-state index < -0.39 is 0 Å². The minimum absolute atomic E-state index is 0.0316. The van der Waals surface area contributed by atoms with Gasteiger partial charge in [-0.2, -0.15) is 0 Å². The SMILES string of the molecule is CN(Cc1ccccc1)Cc1ccc(C(=O)N(C)C)cc1N. The van der Waals surface area contributed by atoms with Gasteiger partial charge in [-0.1, -0.05) is 36.4 Å². The average Bonchev–Trinajstić information content (AvgIpc) is 2.49. The molecule has 0 fully saturated rings. The number of rotatable bonds is 5. The van der Waals surface area contributed by atoms with E-state index in [-0.39, 0.29) is 5.91 Å². The molecule has 0 aliphatic carbocycles. The molecule has 116 valence electrons. The lowest BCUT2D eigenvalue weighted by Gasteiger charge is -2.19. The maximum Gasteiger partial charge on any atom is 0.253 e. The van der Waals surface area contributed by atoms with Crippen LogP contribution in [-0.4, -0.2) is 36.9 Å². The van der Waals surface area contributed by atoms with Crippen LogP contribution in [0.15, 0.2) is 48.5 Å². The van der Waals surface area contributed by atoms with Gasteiger partial charge in [0.2, 0.25) is 0 Å². The van der Waals surface area contributed by atoms with E-state index in [0.717, 1.165) is 18.7 Å². The van der Waals surface area contributed by atoms with Gasteiger partial charge >= 0.3 is 0 Å². The summed E-state index contributed by atoms with van der Waals surface area (Å²) in [6, 6.07) is 15.9. The van der Waals surface area contributed by atoms with Crippen molar-refractivity contribution in [2.24, 2.45) is 0 Å². The zero-order chi connectivity index (χ0) is 16.1. The second-order valence-electron chi connectivity index (χ2n) is 5.77. The fraction of sp³-hybridized carbons (Fsp3) is 0.278. The fourth-order valence-corrected chi connectivity index (χ4v) is 2.37. The topological polar surface area (TPSA) is 49.6 Å². The zero-order valence-corrected chi connectivity index (χ0v) is 13.4. The minimum Gasteiger partial charge on any atom is -0.398 e. The van der Waals surface area contributed by atoms with Crippen molar-refractivity contribution in [1.29, 1.82) is 0 Å². The molecule has 2 rings (SSSR count). The number of hydrogen-bond donors (Lipinski definition) is 1. The van der Waals surface area contributed by atoms with Crippen LogP contribution in [0, 0.1) is 0 Å². The number of nitrogens with zero attached hydrogens (tertiary/aromatic N) is 2. The van der Waals surface area contributed by atoms with Crippen molar-refractivity contribution in [3.63, 3.8) is 0 Å². The molecule has 0 spiro atoms. The number of benzene rings is 2. The van der Waals surface area contributed by atoms with Crippen LogP contribution in [0.5, 0.6) is 0 Å². The number of carbonyl (C=O) groups excluding carboxylic acids is 1. The summed E-state index contributed by atoms with van der Waals surface area (Å²) in [5.74, 6) is -0.0316. The van der Waals surface area contributed by atoms with Gasteiger partial charge in [0.1, 0.15) is 0 Å². The van der Waals surface area contributed by atoms with E-state index in [0.29, 0.717) is 11.3 Å². The summed E-state index contributed by atoms with van der Waals surface area (Å²) in [6.45, 7) is 1.61. The molecule has 0 aliphatic rings. The molecule has 4 heteroatoms. The maximum absolute atomic E-state index is 11.9. The molecule has 22 heavy (non-hydrogen) atoms. The van der Waals surface area contributed by atoms with Crippen LogP contribution in [0.3, 0.4) is 0 Å². The van der Waals surface area contributed by atoms with Crippen molar-refractivity contribution in [3.8, 4) is 0 Å². The summed E-state index contributed by atoms with van der Waals surface area (Å²) in [5, 5.41) is 0. The van der Waals surface area contributed by atoms with E-state index in [1.807, 2.05) is 30.3 Å². The standard InChI is InChI=1S/C18H23N3O/c1-20(2)18(22)15-9-10-16(17(19)11-15)13-21(3)12-14-7-5-4-6-8-14/h4-11H,12-13,19H2,1-3H3. The third-order valence-electron chi connectivity index (χ3n) is 3.53. The lowest BCUT2D eigenvalue weighted by Crippen LogP contribution is -2.22. The fourth-order valence-electron chi connectivity index (χ4n) is 2.37. The largest absolute Gasteiger partial charge is 0.398 e. The summed E-state index contributed by atoms with van der Waals surface area (Å²) in [6.07, 6.45) is 0. The smallest absolute Gasteiger partial charge is 0.253 e. The summed E-state index contributed by atoms with van der Waals surface area (Å²) in [4.78, 5) is 15.7. The Balaban J connectivity index is 2.05. The molecular weight excluding hydrogens is 274 g/mol. The Morgan fingerprint density at radius 1 is 1.00 bits per heavy atom. The predicted octanol–water partition coefficient (Wildman–Crippen LogP) is 2.60. The quantitative estimate of drug-likeness (QED) is 0.863. The van der Waals surface area contributed by atoms with Gasteiger partial charge in [0.05, 0.1) is 0 Å². The van der Waals surface area contributed by atoms with Crippen molar-refractivity contribution in [2.45, 2.75) is 13.1 Å². The molecule has 0 bridgehead atoms. The second-order valence-corrected chi connectivity index (χ2v) is 5.77. The first-order valence-electron chi connectivity index (χ1n) is 7.30. The van der Waals surface area contributed by atoms with Crippen LogP contribution < -0.4 is 5.73 Å². The van der Waals surface area contributed by atoms with Crippen molar-refractivity contribution in [1.82, 2.24) is 9.80 Å². The molecule has 2 N–H and O–H groups in total. The molecular formula is C18H23N3O. The van der Waals surface area contributed by atoms with E-state index in [1.54, 1.807) is 25.1 Å². The number of hydrogen-bond acceptors (Lipinski definition) is 3. The monoisotopic (exact) mass is 297 g/mol. The van der Waals surface area contributed by atoms with Gasteiger partial charge in [0.15, 0.2) is 0 Å². The molecule has 0 saturated heterocycles. The molecule has 0 unspecified atom stereocenters. The Bertz CT molecular complexity index is 638. The van der Waals surface area contributed by atoms with Crippen LogP contribution in [0.2, 0.25) is 0 Å². The van der Waals surface area contributed by atoms with Crippen molar-refractivity contribution >= 4 is 11.6 Å². The third kappa shape index (κ3) is 4.09. The molecule has 2 aromatic carbocycles. The zero-order valence-electron chi connectivity index (χ0n) is 13.4. The molecule has 0 saturated carbocycles. The average molecular weight is 297 g/mol. The first-order chi connectivity index (χ1) is 10.5. The summed E-state index contributed by atoms with van der Waals surface area (Å²) < 4.78 is 0. The van der Waals surface area contributed by atoms with Gasteiger partial charge in [-0.3, -0.25) is 9.69 Å². The summed E-state index contributed by atoms with van der Waals surface area (Å²) in [5.41, 5.74) is 9.69. The van der Waals surface area contributed by atoms with E-state index >= 15 is 0 Å². The van der Waals surface area contributed by atoms with Crippen molar-refractivity contribution < 1.29 is 4.79 Å². The van der Waals surface area contributed by atoms with E-state index in [2.05, 4.69) is 24.1 Å². The predicted molar refractivity (Wildman–Crippen MR) is 90.5 cm³/mol. The van der Waals surface area contributed by atoms with Crippen LogP contribution in [0.25, 0.3) is 0 Å². The number of carbonyl (C=O) groups is 1. The van der Waals surface area contributed by atoms with Crippen molar-refractivity contribution in [3.05, 3.63) is 65.2 Å². The normalized spacial score (nSPS) is 10.7. The summed E-state index contributed by atoms with van der Waals surface area (Å²) >= 11 is 0. The second kappa shape index (κ2) is 7.09. The van der Waals surface area contributed by atoms with Gasteiger partial charge in [0, 0.05) is 38.4 Å². The molecule has 0 heterocycles. The van der Waals surface area contributed by atoms with Crippen molar-refractivity contribution in [2.75, 3.05) is 26.9 Å². The highest BCUT2D eigenvalue weighted by molar-refractivity contribution is 5.94. The van der Waals surface area contributed by atoms with E-state index in [1.165, 1.54) is 5.56 Å². The van der Waals surface area contributed by atoms with Gasteiger partial charge in [-0.05, 0) is 30.3 Å². The molecule has 0 aliphatic heterocycles.